The van der Waals surface area contributed by atoms with Crippen molar-refractivity contribution in [2.24, 2.45) is 5.41 Å². The van der Waals surface area contributed by atoms with E-state index in [-0.39, 0.29) is 6.54 Å². The molecule has 180 valence electrons. The molecule has 0 bridgehead atoms. The van der Waals surface area contributed by atoms with E-state index >= 15 is 0 Å². The highest BCUT2D eigenvalue weighted by Gasteiger charge is 2.28. The molecule has 0 aliphatic rings. The van der Waals surface area contributed by atoms with Gasteiger partial charge in [-0.2, -0.15) is 0 Å². The van der Waals surface area contributed by atoms with E-state index in [1.54, 1.807) is 12.1 Å². The molecule has 0 aliphatic carbocycles. The van der Waals surface area contributed by atoms with Crippen LogP contribution in [0.25, 0.3) is 0 Å². The summed E-state index contributed by atoms with van der Waals surface area (Å²) in [5.74, 6) is -4.23. The number of hydrogen-bond acceptors (Lipinski definition) is 4. The van der Waals surface area contributed by atoms with Crippen molar-refractivity contribution in [3.8, 4) is 0 Å². The number of nitrogens with zero attached hydrogens (tertiary/aromatic N) is 1. The number of nitrogens with one attached hydrogen (secondary N) is 1. The lowest BCUT2D eigenvalue weighted by Gasteiger charge is -2.30. The normalized spacial score (nSPS) is 10.8. The molecule has 0 saturated heterocycles. The van der Waals surface area contributed by atoms with Crippen LogP contribution in [-0.4, -0.2) is 40.5 Å². The summed E-state index contributed by atoms with van der Waals surface area (Å²) >= 11 is 0. The molecule has 33 heavy (non-hydrogen) atoms. The molecular formula is C24H33BF2N2O4. The van der Waals surface area contributed by atoms with Crippen molar-refractivity contribution in [3.05, 3.63) is 64.2 Å². The number of benzene rings is 2. The summed E-state index contributed by atoms with van der Waals surface area (Å²) in [4.78, 5) is 25.7. The highest BCUT2D eigenvalue weighted by molar-refractivity contribution is 6.58. The molecule has 0 atom stereocenters. The van der Waals surface area contributed by atoms with Crippen LogP contribution in [0.3, 0.4) is 0 Å². The van der Waals surface area contributed by atoms with Gasteiger partial charge in [0.2, 0.25) is 0 Å². The zero-order chi connectivity index (χ0) is 25.5. The van der Waals surface area contributed by atoms with Crippen LogP contribution < -0.4 is 10.9 Å². The smallest absolute Gasteiger partial charge is 0.423 e. The minimum absolute atomic E-state index is 0.0846. The van der Waals surface area contributed by atoms with Crippen molar-refractivity contribution in [3.63, 3.8) is 0 Å². The van der Waals surface area contributed by atoms with Crippen LogP contribution in [0.4, 0.5) is 8.78 Å². The quantitative estimate of drug-likeness (QED) is 0.479. The van der Waals surface area contributed by atoms with Crippen molar-refractivity contribution in [2.45, 2.75) is 54.9 Å². The standard InChI is InChI=1S/C21H25BF2N2O4.C3H8/c1-12-6-13(2)8-14(7-12)20(28)26(11-21(3,4)5)25-19(27)18-16(23)9-15(22(29)30)10-17(18)24;1-3-2/h6-10,29-30H,11H2,1-5H3,(H,25,27);3H2,1-2H3. The Balaban J connectivity index is 0.00000172. The highest BCUT2D eigenvalue weighted by atomic mass is 19.1. The molecule has 0 radical (unpaired) electrons. The Hall–Kier alpha value is -2.78. The van der Waals surface area contributed by atoms with Crippen LogP contribution in [0.15, 0.2) is 30.3 Å². The first-order valence-electron chi connectivity index (χ1n) is 10.8. The van der Waals surface area contributed by atoms with E-state index in [1.165, 1.54) is 6.42 Å². The van der Waals surface area contributed by atoms with Gasteiger partial charge in [0.15, 0.2) is 0 Å². The third-order valence-electron chi connectivity index (χ3n) is 4.17. The molecular weight excluding hydrogens is 429 g/mol. The fraction of sp³-hybridized carbons (Fsp3) is 0.417. The van der Waals surface area contributed by atoms with Gasteiger partial charge in [-0.15, -0.1) is 0 Å². The van der Waals surface area contributed by atoms with Crippen LogP contribution in [0.5, 0.6) is 0 Å². The highest BCUT2D eigenvalue weighted by Crippen LogP contribution is 2.19. The van der Waals surface area contributed by atoms with Gasteiger partial charge in [0.25, 0.3) is 11.8 Å². The zero-order valence-electron chi connectivity index (χ0n) is 20.3. The van der Waals surface area contributed by atoms with Crippen LogP contribution in [0, 0.1) is 30.9 Å². The van der Waals surface area contributed by atoms with Crippen molar-refractivity contribution in [1.29, 1.82) is 0 Å². The van der Waals surface area contributed by atoms with Gasteiger partial charge in [0, 0.05) is 12.1 Å². The first-order valence-corrected chi connectivity index (χ1v) is 10.8. The monoisotopic (exact) mass is 462 g/mol. The van der Waals surface area contributed by atoms with Gasteiger partial charge in [-0.05, 0) is 49.0 Å². The SMILES string of the molecule is CCC.Cc1cc(C)cc(C(=O)N(CC(C)(C)C)NC(=O)c2c(F)cc(B(O)O)cc2F)c1. The predicted octanol–water partition coefficient (Wildman–Crippen LogP) is 3.51. The number of rotatable bonds is 4. The van der Waals surface area contributed by atoms with E-state index in [1.807, 2.05) is 40.7 Å². The first-order chi connectivity index (χ1) is 15.2. The Morgan fingerprint density at radius 1 is 0.970 bits per heavy atom. The number of amides is 2. The third-order valence-corrected chi connectivity index (χ3v) is 4.17. The molecule has 2 amide bonds. The summed E-state index contributed by atoms with van der Waals surface area (Å²) in [7, 11) is -2.09. The number of carbonyl (C=O) groups is 2. The maximum atomic E-state index is 14.3. The molecule has 0 unspecified atom stereocenters. The topological polar surface area (TPSA) is 89.9 Å². The van der Waals surface area contributed by atoms with Gasteiger partial charge >= 0.3 is 7.12 Å². The van der Waals surface area contributed by atoms with Crippen molar-refractivity contribution < 1.29 is 28.4 Å². The molecule has 0 aromatic heterocycles. The van der Waals surface area contributed by atoms with Crippen LogP contribution in [-0.2, 0) is 0 Å². The summed E-state index contributed by atoms with van der Waals surface area (Å²) in [6.45, 7) is 13.5. The summed E-state index contributed by atoms with van der Waals surface area (Å²) in [6, 6.07) is 6.53. The summed E-state index contributed by atoms with van der Waals surface area (Å²) < 4.78 is 28.6. The van der Waals surface area contributed by atoms with Gasteiger partial charge in [0.1, 0.15) is 17.2 Å². The van der Waals surface area contributed by atoms with Crippen LogP contribution >= 0.6 is 0 Å². The lowest BCUT2D eigenvalue weighted by atomic mass is 9.79. The zero-order valence-corrected chi connectivity index (χ0v) is 20.3. The van der Waals surface area contributed by atoms with Crippen LogP contribution in [0.2, 0.25) is 0 Å². The van der Waals surface area contributed by atoms with Gasteiger partial charge in [-0.3, -0.25) is 15.0 Å². The van der Waals surface area contributed by atoms with E-state index in [2.05, 4.69) is 19.3 Å². The molecule has 0 saturated carbocycles. The third kappa shape index (κ3) is 8.59. The van der Waals surface area contributed by atoms with Crippen LogP contribution in [0.1, 0.15) is 72.9 Å². The number of carbonyl (C=O) groups excluding carboxylic acids is 2. The fourth-order valence-electron chi connectivity index (χ4n) is 3.03. The van der Waals surface area contributed by atoms with Crippen molar-refractivity contribution in [1.82, 2.24) is 10.4 Å². The average molecular weight is 462 g/mol. The predicted molar refractivity (Wildman–Crippen MR) is 126 cm³/mol. The Morgan fingerprint density at radius 2 is 1.42 bits per heavy atom. The van der Waals surface area contributed by atoms with Crippen molar-refractivity contribution >= 4 is 24.4 Å². The lowest BCUT2D eigenvalue weighted by molar-refractivity contribution is 0.0505. The van der Waals surface area contributed by atoms with Gasteiger partial charge in [-0.25, -0.2) is 13.8 Å². The number of hydrogen-bond donors (Lipinski definition) is 3. The second kappa shape index (κ2) is 11.9. The summed E-state index contributed by atoms with van der Waals surface area (Å²) in [5.41, 5.74) is 2.56. The minimum atomic E-state index is -2.09. The number of hydrazine groups is 1. The van der Waals surface area contributed by atoms with E-state index in [9.17, 15) is 18.4 Å². The Morgan fingerprint density at radius 3 is 1.82 bits per heavy atom. The second-order valence-electron chi connectivity index (χ2n) is 9.21. The average Bonchev–Trinajstić information content (AvgIpc) is 2.65. The van der Waals surface area contributed by atoms with Crippen molar-refractivity contribution in [2.75, 3.05) is 6.54 Å². The van der Waals surface area contributed by atoms with E-state index in [4.69, 9.17) is 10.0 Å². The molecule has 2 aromatic rings. The van der Waals surface area contributed by atoms with E-state index < -0.39 is 47.0 Å². The maximum Gasteiger partial charge on any atom is 0.488 e. The minimum Gasteiger partial charge on any atom is -0.423 e. The number of halogens is 2. The summed E-state index contributed by atoms with van der Waals surface area (Å²) in [6.07, 6.45) is 1.25. The second-order valence-corrected chi connectivity index (χ2v) is 9.21. The van der Waals surface area contributed by atoms with Gasteiger partial charge in [-0.1, -0.05) is 58.2 Å². The Labute approximate surface area is 194 Å². The fourth-order valence-corrected chi connectivity index (χ4v) is 3.03. The van der Waals surface area contributed by atoms with Gasteiger partial charge < -0.3 is 10.0 Å². The molecule has 9 heteroatoms. The Bertz CT molecular complexity index is 948. The molecule has 3 N–H and O–H groups in total. The first kappa shape index (κ1) is 28.3. The van der Waals surface area contributed by atoms with E-state index in [0.717, 1.165) is 16.1 Å². The summed E-state index contributed by atoms with van der Waals surface area (Å²) in [5, 5.41) is 19.2. The molecule has 0 heterocycles. The molecule has 2 aromatic carbocycles. The molecule has 0 spiro atoms. The largest absolute Gasteiger partial charge is 0.488 e. The molecule has 2 rings (SSSR count). The number of aryl methyl sites for hydroxylation is 2. The van der Waals surface area contributed by atoms with E-state index in [0.29, 0.717) is 17.7 Å². The lowest BCUT2D eigenvalue weighted by Crippen LogP contribution is -2.50. The molecule has 6 nitrogen and oxygen atoms in total. The van der Waals surface area contributed by atoms with Gasteiger partial charge in [0.05, 0.1) is 0 Å². The molecule has 0 fully saturated rings. The molecule has 0 aliphatic heterocycles. The maximum absolute atomic E-state index is 14.3. The Kier molecular flexibility index (Phi) is 10.2.